The van der Waals surface area contributed by atoms with E-state index in [0.29, 0.717) is 0 Å². The number of hydrogen-bond donors (Lipinski definition) is 1. The number of fused-ring (bicyclic) bond motifs is 1. The molecule has 0 aliphatic rings. The van der Waals surface area contributed by atoms with E-state index in [1.54, 1.807) is 0 Å². The number of aromatic nitrogens is 1. The van der Waals surface area contributed by atoms with Crippen molar-refractivity contribution in [2.75, 3.05) is 0 Å². The van der Waals surface area contributed by atoms with Crippen LogP contribution in [-0.2, 0) is 0 Å². The zero-order chi connectivity index (χ0) is 14.4. The van der Waals surface area contributed by atoms with Crippen LogP contribution in [0.4, 0.5) is 0 Å². The molecule has 5 heteroatoms. The number of rotatable bonds is 1. The number of benzene rings is 1. The Morgan fingerprint density at radius 1 is 1.10 bits per heavy atom. The van der Waals surface area contributed by atoms with Gasteiger partial charge in [-0.15, -0.1) is 0 Å². The maximum absolute atomic E-state index is 10.5. The van der Waals surface area contributed by atoms with Crippen molar-refractivity contribution in [2.45, 2.75) is 0 Å². The van der Waals surface area contributed by atoms with E-state index in [1.165, 1.54) is 5.39 Å². The van der Waals surface area contributed by atoms with Gasteiger partial charge in [0.25, 0.3) is 0 Å². The van der Waals surface area contributed by atoms with E-state index in [9.17, 15) is 9.59 Å². The summed E-state index contributed by atoms with van der Waals surface area (Å²) in [5, 5.41) is 9.48. The zero-order valence-corrected chi connectivity index (χ0v) is 10.4. The first-order valence-corrected chi connectivity index (χ1v) is 5.79. The van der Waals surface area contributed by atoms with Crippen LogP contribution in [-0.4, -0.2) is 16.1 Å². The first-order chi connectivity index (χ1) is 9.66. The summed E-state index contributed by atoms with van der Waals surface area (Å²) in [6.45, 7) is 0. The van der Waals surface area contributed by atoms with Gasteiger partial charge in [-0.25, -0.2) is 4.79 Å². The maximum atomic E-state index is 10.5. The number of carbonyl (C=O) groups is 1. The van der Waals surface area contributed by atoms with Crippen LogP contribution in [0.15, 0.2) is 70.2 Å². The average molecular weight is 269 g/mol. The van der Waals surface area contributed by atoms with Crippen LogP contribution in [0.5, 0.6) is 0 Å². The van der Waals surface area contributed by atoms with E-state index in [-0.39, 0.29) is 11.2 Å². The normalized spacial score (nSPS) is 9.60. The molecule has 0 amide bonds. The van der Waals surface area contributed by atoms with Gasteiger partial charge in [-0.3, -0.25) is 9.78 Å². The lowest BCUT2D eigenvalue weighted by Crippen LogP contribution is -2.03. The molecule has 0 bridgehead atoms. The third-order valence-electron chi connectivity index (χ3n) is 2.42. The van der Waals surface area contributed by atoms with E-state index in [1.807, 2.05) is 30.5 Å². The van der Waals surface area contributed by atoms with Gasteiger partial charge in [-0.1, -0.05) is 24.3 Å². The molecule has 1 aromatic carbocycles. The fourth-order valence-electron chi connectivity index (χ4n) is 1.51. The molecule has 2 heterocycles. The molecule has 0 aliphatic carbocycles. The highest BCUT2D eigenvalue weighted by molar-refractivity contribution is 5.83. The summed E-state index contributed by atoms with van der Waals surface area (Å²) in [7, 11) is 0. The highest BCUT2D eigenvalue weighted by Crippen LogP contribution is 2.07. The topological polar surface area (TPSA) is 80.4 Å². The van der Waals surface area contributed by atoms with Gasteiger partial charge in [0.1, 0.15) is 0 Å². The van der Waals surface area contributed by atoms with Gasteiger partial charge in [0.15, 0.2) is 5.43 Å². The van der Waals surface area contributed by atoms with Crippen LogP contribution >= 0.6 is 0 Å². The standard InChI is InChI=1S/C9H7N.C6H4O4/c1-2-6-9-8(4-1)5-3-7-10-9;7-4-1-2-10-5(3-4)6(8)9/h1-7H;1-3H,(H,8,9). The number of aromatic carboxylic acids is 1. The van der Waals surface area contributed by atoms with Gasteiger partial charge in [0, 0.05) is 23.7 Å². The van der Waals surface area contributed by atoms with Crippen LogP contribution in [0.3, 0.4) is 0 Å². The van der Waals surface area contributed by atoms with Crippen molar-refractivity contribution in [3.63, 3.8) is 0 Å². The predicted octanol–water partition coefficient (Wildman–Crippen LogP) is 2.57. The molecule has 0 saturated carbocycles. The van der Waals surface area contributed by atoms with Gasteiger partial charge in [0.05, 0.1) is 11.8 Å². The highest BCUT2D eigenvalue weighted by atomic mass is 16.4. The van der Waals surface area contributed by atoms with Gasteiger partial charge >= 0.3 is 5.97 Å². The molecule has 1 N–H and O–H groups in total. The lowest BCUT2D eigenvalue weighted by Gasteiger charge is -1.91. The minimum Gasteiger partial charge on any atom is -0.475 e. The number of para-hydroxylation sites is 1. The largest absolute Gasteiger partial charge is 0.475 e. The van der Waals surface area contributed by atoms with E-state index < -0.39 is 5.97 Å². The minimum atomic E-state index is -1.24. The monoisotopic (exact) mass is 269 g/mol. The molecule has 0 spiro atoms. The Morgan fingerprint density at radius 3 is 2.50 bits per heavy atom. The van der Waals surface area contributed by atoms with E-state index >= 15 is 0 Å². The molecule has 0 aliphatic heterocycles. The molecule has 0 saturated heterocycles. The van der Waals surface area contributed by atoms with Gasteiger partial charge in [0.2, 0.25) is 5.76 Å². The predicted molar refractivity (Wildman–Crippen MR) is 73.7 cm³/mol. The Hall–Kier alpha value is -2.95. The Labute approximate surface area is 114 Å². The number of carboxylic acid groups (broad SMARTS) is 1. The molecular formula is C15H11NO4. The average Bonchev–Trinajstić information content (AvgIpc) is 2.48. The molecule has 0 atom stereocenters. The van der Waals surface area contributed by atoms with Gasteiger partial charge in [-0.05, 0) is 12.1 Å². The van der Waals surface area contributed by atoms with Crippen molar-refractivity contribution in [3.8, 4) is 0 Å². The third kappa shape index (κ3) is 3.52. The molecule has 2 aromatic heterocycles. The lowest BCUT2D eigenvalue weighted by molar-refractivity contribution is 0.0659. The Morgan fingerprint density at radius 2 is 1.85 bits per heavy atom. The zero-order valence-electron chi connectivity index (χ0n) is 10.4. The summed E-state index contributed by atoms with van der Waals surface area (Å²) in [4.78, 5) is 24.8. The van der Waals surface area contributed by atoms with E-state index in [0.717, 1.165) is 23.9 Å². The highest BCUT2D eigenvalue weighted by Gasteiger charge is 2.03. The summed E-state index contributed by atoms with van der Waals surface area (Å²) in [6, 6.07) is 14.1. The minimum absolute atomic E-state index is 0.340. The van der Waals surface area contributed by atoms with Crippen molar-refractivity contribution >= 4 is 16.9 Å². The van der Waals surface area contributed by atoms with Crippen LogP contribution in [0.2, 0.25) is 0 Å². The summed E-state index contributed by atoms with van der Waals surface area (Å²) in [5.74, 6) is -1.58. The maximum Gasteiger partial charge on any atom is 0.371 e. The van der Waals surface area contributed by atoms with Crippen molar-refractivity contribution < 1.29 is 14.3 Å². The van der Waals surface area contributed by atoms with Crippen LogP contribution in [0.25, 0.3) is 10.9 Å². The number of nitrogens with zero attached hydrogens (tertiary/aromatic N) is 1. The molecule has 3 aromatic rings. The Bertz CT molecular complexity index is 714. The fraction of sp³-hybridized carbons (Fsp3) is 0. The van der Waals surface area contributed by atoms with Crippen LogP contribution in [0, 0.1) is 0 Å². The summed E-state index contributed by atoms with van der Waals surface area (Å²) in [5.41, 5.74) is 0.689. The fourth-order valence-corrected chi connectivity index (χ4v) is 1.51. The summed E-state index contributed by atoms with van der Waals surface area (Å²) < 4.78 is 4.47. The number of hydrogen-bond acceptors (Lipinski definition) is 4. The number of carboxylic acids is 1. The van der Waals surface area contributed by atoms with Gasteiger partial charge in [-0.2, -0.15) is 0 Å². The van der Waals surface area contributed by atoms with Crippen molar-refractivity contribution in [3.05, 3.63) is 77.0 Å². The molecule has 0 fully saturated rings. The van der Waals surface area contributed by atoms with Gasteiger partial charge < -0.3 is 9.52 Å². The van der Waals surface area contributed by atoms with E-state index in [4.69, 9.17) is 5.11 Å². The van der Waals surface area contributed by atoms with Crippen LogP contribution in [0.1, 0.15) is 10.6 Å². The van der Waals surface area contributed by atoms with Crippen molar-refractivity contribution in [2.24, 2.45) is 0 Å². The van der Waals surface area contributed by atoms with Crippen molar-refractivity contribution in [1.82, 2.24) is 4.98 Å². The first kappa shape index (κ1) is 13.5. The molecule has 100 valence electrons. The molecule has 5 nitrogen and oxygen atoms in total. The Balaban J connectivity index is 0.000000147. The molecular weight excluding hydrogens is 258 g/mol. The first-order valence-electron chi connectivity index (χ1n) is 5.79. The Kier molecular flexibility index (Phi) is 4.24. The molecule has 20 heavy (non-hydrogen) atoms. The quantitative estimate of drug-likeness (QED) is 0.734. The second-order valence-corrected chi connectivity index (χ2v) is 3.83. The van der Waals surface area contributed by atoms with Crippen LogP contribution < -0.4 is 5.43 Å². The summed E-state index contributed by atoms with van der Waals surface area (Å²) >= 11 is 0. The second kappa shape index (κ2) is 6.29. The smallest absolute Gasteiger partial charge is 0.371 e. The SMILES string of the molecule is O=C(O)c1cc(=O)cco1.c1ccc2ncccc2c1. The molecule has 0 unspecified atom stereocenters. The number of pyridine rings is 1. The molecule has 0 radical (unpaired) electrons. The summed E-state index contributed by atoms with van der Waals surface area (Å²) in [6.07, 6.45) is 2.86. The lowest BCUT2D eigenvalue weighted by atomic mass is 10.2. The third-order valence-corrected chi connectivity index (χ3v) is 2.42. The molecule has 3 rings (SSSR count). The van der Waals surface area contributed by atoms with Crippen molar-refractivity contribution in [1.29, 1.82) is 0 Å². The van der Waals surface area contributed by atoms with E-state index in [2.05, 4.69) is 21.5 Å². The second-order valence-electron chi connectivity index (χ2n) is 3.83.